The van der Waals surface area contributed by atoms with Crippen LogP contribution in [0.15, 0.2) is 18.2 Å². The van der Waals surface area contributed by atoms with Crippen molar-refractivity contribution in [2.45, 2.75) is 13.0 Å². The number of esters is 1. The minimum Gasteiger partial charge on any atom is -0.469 e. The molecule has 0 N–H and O–H groups in total. The van der Waals surface area contributed by atoms with Crippen molar-refractivity contribution in [3.05, 3.63) is 35.1 Å². The summed E-state index contributed by atoms with van der Waals surface area (Å²) in [5, 5.41) is 8.72. The van der Waals surface area contributed by atoms with Gasteiger partial charge in [0.25, 0.3) is 0 Å². The highest BCUT2D eigenvalue weighted by atomic mass is 19.1. The molecule has 96 valence electrons. The molecule has 0 aliphatic heterocycles. The summed E-state index contributed by atoms with van der Waals surface area (Å²) in [5.74, 6) is -0.794. The van der Waals surface area contributed by atoms with Gasteiger partial charge in [0.2, 0.25) is 0 Å². The predicted molar refractivity (Wildman–Crippen MR) is 64.1 cm³/mol. The van der Waals surface area contributed by atoms with Crippen LogP contribution in [0.25, 0.3) is 0 Å². The molecule has 0 saturated heterocycles. The summed E-state index contributed by atoms with van der Waals surface area (Å²) < 4.78 is 18.3. The fourth-order valence-electron chi connectivity index (χ4n) is 1.54. The standard InChI is InChI=1S/C13H15FN2O2/c1-16(7-6-12(17)18-2)9-11-5-3-4-10(8-15)13(11)14/h3-5H,6-7,9H2,1-2H3. The molecule has 0 amide bonds. The van der Waals surface area contributed by atoms with Gasteiger partial charge in [-0.05, 0) is 13.1 Å². The van der Waals surface area contributed by atoms with Crippen molar-refractivity contribution in [3.63, 3.8) is 0 Å². The van der Waals surface area contributed by atoms with Crippen LogP contribution in [-0.4, -0.2) is 31.6 Å². The molecule has 0 unspecified atom stereocenters. The first-order valence-electron chi connectivity index (χ1n) is 5.51. The first-order valence-corrected chi connectivity index (χ1v) is 5.51. The van der Waals surface area contributed by atoms with Gasteiger partial charge in [0.05, 0.1) is 19.1 Å². The number of benzene rings is 1. The summed E-state index contributed by atoms with van der Waals surface area (Å²) in [4.78, 5) is 12.8. The molecule has 18 heavy (non-hydrogen) atoms. The van der Waals surface area contributed by atoms with Gasteiger partial charge in [-0.3, -0.25) is 4.79 Å². The summed E-state index contributed by atoms with van der Waals surface area (Å²) in [6, 6.07) is 6.51. The lowest BCUT2D eigenvalue weighted by molar-refractivity contribution is -0.140. The van der Waals surface area contributed by atoms with Crippen molar-refractivity contribution < 1.29 is 13.9 Å². The Morgan fingerprint density at radius 1 is 1.56 bits per heavy atom. The number of nitriles is 1. The summed E-state index contributed by atoms with van der Waals surface area (Å²) in [7, 11) is 3.11. The molecule has 0 bridgehead atoms. The fourth-order valence-corrected chi connectivity index (χ4v) is 1.54. The number of carbonyl (C=O) groups is 1. The highest BCUT2D eigenvalue weighted by Gasteiger charge is 2.10. The average Bonchev–Trinajstić information content (AvgIpc) is 2.38. The minimum absolute atomic E-state index is 0.0360. The Morgan fingerprint density at radius 2 is 2.28 bits per heavy atom. The maximum Gasteiger partial charge on any atom is 0.306 e. The summed E-state index contributed by atoms with van der Waals surface area (Å²) in [6.45, 7) is 0.821. The van der Waals surface area contributed by atoms with Gasteiger partial charge < -0.3 is 9.64 Å². The highest BCUT2D eigenvalue weighted by Crippen LogP contribution is 2.13. The lowest BCUT2D eigenvalue weighted by Gasteiger charge is -2.16. The van der Waals surface area contributed by atoms with Crippen LogP contribution in [0.4, 0.5) is 4.39 Å². The van der Waals surface area contributed by atoms with Gasteiger partial charge in [0.15, 0.2) is 0 Å². The maximum absolute atomic E-state index is 13.8. The van der Waals surface area contributed by atoms with Crippen LogP contribution in [0, 0.1) is 17.1 Å². The van der Waals surface area contributed by atoms with Gasteiger partial charge in [-0.2, -0.15) is 5.26 Å². The van der Waals surface area contributed by atoms with Gasteiger partial charge in [0, 0.05) is 18.7 Å². The Labute approximate surface area is 106 Å². The third-order valence-corrected chi connectivity index (χ3v) is 2.56. The van der Waals surface area contributed by atoms with Crippen LogP contribution in [0.2, 0.25) is 0 Å². The van der Waals surface area contributed by atoms with Gasteiger partial charge in [-0.1, -0.05) is 12.1 Å². The van der Waals surface area contributed by atoms with Gasteiger partial charge >= 0.3 is 5.97 Å². The summed E-state index contributed by atoms with van der Waals surface area (Å²) in [5.41, 5.74) is 0.482. The largest absolute Gasteiger partial charge is 0.469 e. The molecule has 0 fully saturated rings. The molecule has 1 rings (SSSR count). The zero-order chi connectivity index (χ0) is 13.5. The molecular formula is C13H15FN2O2. The monoisotopic (exact) mass is 250 g/mol. The Bertz CT molecular complexity index is 469. The first kappa shape index (κ1) is 14.1. The minimum atomic E-state index is -0.495. The zero-order valence-electron chi connectivity index (χ0n) is 10.4. The van der Waals surface area contributed by atoms with Gasteiger partial charge in [-0.25, -0.2) is 4.39 Å². The average molecular weight is 250 g/mol. The van der Waals surface area contributed by atoms with Crippen molar-refractivity contribution in [3.8, 4) is 6.07 Å². The smallest absolute Gasteiger partial charge is 0.306 e. The fraction of sp³-hybridized carbons (Fsp3) is 0.385. The van der Waals surface area contributed by atoms with E-state index in [0.717, 1.165) is 0 Å². The number of hydrogen-bond donors (Lipinski definition) is 0. The zero-order valence-corrected chi connectivity index (χ0v) is 10.4. The van der Waals surface area contributed by atoms with E-state index in [4.69, 9.17) is 5.26 Å². The van der Waals surface area contributed by atoms with Gasteiger partial charge in [-0.15, -0.1) is 0 Å². The molecule has 0 spiro atoms. The first-order chi connectivity index (χ1) is 8.58. The molecule has 0 heterocycles. The van der Waals surface area contributed by atoms with Crippen LogP contribution >= 0.6 is 0 Å². The van der Waals surface area contributed by atoms with Crippen LogP contribution < -0.4 is 0 Å². The van der Waals surface area contributed by atoms with E-state index in [1.165, 1.54) is 13.2 Å². The Balaban J connectivity index is 2.62. The quantitative estimate of drug-likeness (QED) is 0.746. The van der Waals surface area contributed by atoms with Crippen molar-refractivity contribution in [1.29, 1.82) is 5.26 Å². The van der Waals surface area contributed by atoms with E-state index in [1.807, 2.05) is 0 Å². The second kappa shape index (κ2) is 6.72. The molecule has 0 radical (unpaired) electrons. The Morgan fingerprint density at radius 3 is 2.89 bits per heavy atom. The van der Waals surface area contributed by atoms with E-state index in [-0.39, 0.29) is 18.0 Å². The second-order valence-corrected chi connectivity index (χ2v) is 3.95. The Hall–Kier alpha value is -1.93. The van der Waals surface area contributed by atoms with Crippen LogP contribution in [-0.2, 0) is 16.1 Å². The predicted octanol–water partition coefficient (Wildman–Crippen LogP) is 1.69. The SMILES string of the molecule is COC(=O)CCN(C)Cc1cccc(C#N)c1F. The lowest BCUT2D eigenvalue weighted by Crippen LogP contribution is -2.22. The van der Waals surface area contributed by atoms with E-state index >= 15 is 0 Å². The third kappa shape index (κ3) is 3.82. The highest BCUT2D eigenvalue weighted by molar-refractivity contribution is 5.69. The van der Waals surface area contributed by atoms with E-state index in [1.54, 1.807) is 30.1 Å². The van der Waals surface area contributed by atoms with Gasteiger partial charge in [0.1, 0.15) is 11.9 Å². The van der Waals surface area contributed by atoms with E-state index in [9.17, 15) is 9.18 Å². The number of carbonyl (C=O) groups excluding carboxylic acids is 1. The molecule has 0 aliphatic carbocycles. The topological polar surface area (TPSA) is 53.3 Å². The van der Waals surface area contributed by atoms with Crippen molar-refractivity contribution >= 4 is 5.97 Å². The summed E-state index contributed by atoms with van der Waals surface area (Å²) >= 11 is 0. The molecule has 1 aromatic carbocycles. The molecule has 0 atom stereocenters. The number of hydrogen-bond acceptors (Lipinski definition) is 4. The van der Waals surface area contributed by atoms with Crippen LogP contribution in [0.1, 0.15) is 17.5 Å². The molecule has 4 nitrogen and oxygen atoms in total. The molecule has 1 aromatic rings. The number of methoxy groups -OCH3 is 1. The normalized spacial score (nSPS) is 10.2. The van der Waals surface area contributed by atoms with Crippen LogP contribution in [0.3, 0.4) is 0 Å². The number of nitrogens with zero attached hydrogens (tertiary/aromatic N) is 2. The number of rotatable bonds is 5. The second-order valence-electron chi connectivity index (χ2n) is 3.95. The third-order valence-electron chi connectivity index (χ3n) is 2.56. The van der Waals surface area contributed by atoms with E-state index in [2.05, 4.69) is 4.74 Å². The Kier molecular flexibility index (Phi) is 5.28. The molecular weight excluding hydrogens is 235 g/mol. The van der Waals surface area contributed by atoms with Crippen molar-refractivity contribution in [2.24, 2.45) is 0 Å². The van der Waals surface area contributed by atoms with Crippen molar-refractivity contribution in [1.82, 2.24) is 4.90 Å². The van der Waals surface area contributed by atoms with E-state index < -0.39 is 5.82 Å². The van der Waals surface area contributed by atoms with Crippen molar-refractivity contribution in [2.75, 3.05) is 20.7 Å². The molecule has 0 aromatic heterocycles. The van der Waals surface area contributed by atoms with Crippen LogP contribution in [0.5, 0.6) is 0 Å². The number of ether oxygens (including phenoxy) is 1. The molecule has 5 heteroatoms. The lowest BCUT2D eigenvalue weighted by atomic mass is 10.1. The maximum atomic E-state index is 13.8. The summed E-state index contributed by atoms with van der Waals surface area (Å²) in [6.07, 6.45) is 0.257. The number of halogens is 1. The molecule has 0 saturated carbocycles. The van der Waals surface area contributed by atoms with E-state index in [0.29, 0.717) is 18.7 Å². The molecule has 0 aliphatic rings.